The molecule has 6 aliphatic rings. The summed E-state index contributed by atoms with van der Waals surface area (Å²) in [6.45, 7) is 0. The van der Waals surface area contributed by atoms with Crippen LogP contribution in [0.25, 0.3) is 88.7 Å². The van der Waals surface area contributed by atoms with E-state index in [9.17, 15) is 0 Å². The Morgan fingerprint density at radius 3 is 1.61 bits per heavy atom. The second-order valence-corrected chi connectivity index (χ2v) is 28.2. The van der Waals surface area contributed by atoms with Crippen LogP contribution < -0.4 is 9.80 Å². The number of anilines is 6. The highest BCUT2D eigenvalue weighted by atomic mass is 15.2. The van der Waals surface area contributed by atoms with Crippen molar-refractivity contribution in [2.45, 2.75) is 50.9 Å². The number of fused-ring (bicyclic) bond motifs is 8. The van der Waals surface area contributed by atoms with Gasteiger partial charge in [0, 0.05) is 62.4 Å². The Hall–Kier alpha value is -12.3. The number of hydrogen-bond acceptors (Lipinski definition) is 2. The van der Waals surface area contributed by atoms with Gasteiger partial charge in [0.2, 0.25) is 0 Å². The summed E-state index contributed by atoms with van der Waals surface area (Å²) in [7, 11) is 0. The van der Waals surface area contributed by atoms with Crippen LogP contribution in [-0.4, -0.2) is 4.57 Å². The average molecular weight is 1320 g/mol. The van der Waals surface area contributed by atoms with E-state index in [1.807, 2.05) is 0 Å². The van der Waals surface area contributed by atoms with Crippen molar-refractivity contribution in [3.8, 4) is 50.2 Å². The molecule has 0 bridgehead atoms. The maximum Gasteiger partial charge on any atom is 0.0541 e. The van der Waals surface area contributed by atoms with E-state index in [1.54, 1.807) is 0 Å². The third kappa shape index (κ3) is 11.2. The molecule has 13 aromatic rings. The zero-order chi connectivity index (χ0) is 68.2. The summed E-state index contributed by atoms with van der Waals surface area (Å²) in [5, 5.41) is 2.42. The molecule has 6 aliphatic carbocycles. The Balaban J connectivity index is 0.873. The molecule has 0 amide bonds. The Kier molecular flexibility index (Phi) is 16.0. The summed E-state index contributed by atoms with van der Waals surface area (Å²) in [5.74, 6) is 0.773. The first-order chi connectivity index (χ1) is 51.1. The monoisotopic (exact) mass is 1320 g/mol. The van der Waals surface area contributed by atoms with Crippen LogP contribution in [0.4, 0.5) is 34.1 Å². The highest BCUT2D eigenvalue weighted by Gasteiger charge is 2.41. The van der Waals surface area contributed by atoms with Crippen molar-refractivity contribution in [2.75, 3.05) is 9.80 Å². The lowest BCUT2D eigenvalue weighted by atomic mass is 9.69. The van der Waals surface area contributed by atoms with Crippen LogP contribution in [-0.2, 0) is 0 Å². The lowest BCUT2D eigenvalue weighted by molar-refractivity contribution is 0.416. The van der Waals surface area contributed by atoms with Crippen LogP contribution in [0.1, 0.15) is 78.7 Å². The zero-order valence-electron chi connectivity index (χ0n) is 57.7. The molecule has 0 spiro atoms. The van der Waals surface area contributed by atoms with Gasteiger partial charge in [-0.1, -0.05) is 267 Å². The van der Waals surface area contributed by atoms with Gasteiger partial charge in [0.05, 0.1) is 11.0 Å². The Labute approximate surface area is 604 Å². The Bertz CT molecular complexity index is 5750. The van der Waals surface area contributed by atoms with Crippen LogP contribution in [0.15, 0.2) is 381 Å². The second kappa shape index (κ2) is 26.7. The van der Waals surface area contributed by atoms with Crippen molar-refractivity contribution in [1.82, 2.24) is 4.57 Å². The van der Waals surface area contributed by atoms with Gasteiger partial charge >= 0.3 is 0 Å². The second-order valence-electron chi connectivity index (χ2n) is 28.2. The van der Waals surface area contributed by atoms with Gasteiger partial charge in [-0.3, -0.25) is 0 Å². The topological polar surface area (TPSA) is 11.4 Å². The molecule has 3 unspecified atom stereocenters. The van der Waals surface area contributed by atoms with Crippen molar-refractivity contribution in [2.24, 2.45) is 11.8 Å². The third-order valence-corrected chi connectivity index (χ3v) is 22.3. The largest absolute Gasteiger partial charge is 0.310 e. The summed E-state index contributed by atoms with van der Waals surface area (Å²) in [5.41, 5.74) is 34.1. The SMILES string of the molecule is C1=CCC(C(C2=CCCC=C2)C2C3=C(CCC=C3)c3ccc(N(c4ccc(-c5ccccc5)cc4)c4cc(-c5ccc6c(c5)c5ccccc5n6-c5ccccc5)cc(N(c5ccc(-c6ccccc6)cc5)c5ccc6c(c5)/C(=C(/C5=CCCC=C5)c5ccccc5)c5ccccc5-6)c4)cc32)C=C1. The lowest BCUT2D eigenvalue weighted by Crippen LogP contribution is -2.24. The first kappa shape index (κ1) is 61.8. The molecule has 103 heavy (non-hydrogen) atoms. The molecule has 0 N–H and O–H groups in total. The van der Waals surface area contributed by atoms with Crippen LogP contribution in [0, 0.1) is 11.8 Å². The Morgan fingerprint density at radius 1 is 0.369 bits per heavy atom. The van der Waals surface area contributed by atoms with E-state index >= 15 is 0 Å². The predicted octanol–water partition coefficient (Wildman–Crippen LogP) is 27.2. The number of hydrogen-bond donors (Lipinski definition) is 0. The maximum absolute atomic E-state index is 2.60. The predicted molar refractivity (Wildman–Crippen MR) is 435 cm³/mol. The van der Waals surface area contributed by atoms with E-state index in [0.29, 0.717) is 5.92 Å². The van der Waals surface area contributed by atoms with E-state index in [1.165, 1.54) is 116 Å². The zero-order valence-corrected chi connectivity index (χ0v) is 57.7. The number of aromatic nitrogens is 1. The van der Waals surface area contributed by atoms with Gasteiger partial charge in [0.25, 0.3) is 0 Å². The van der Waals surface area contributed by atoms with Gasteiger partial charge in [-0.2, -0.15) is 0 Å². The van der Waals surface area contributed by atoms with E-state index in [2.05, 4.69) is 378 Å². The molecule has 1 heterocycles. The van der Waals surface area contributed by atoms with Crippen LogP contribution in [0.2, 0.25) is 0 Å². The summed E-state index contributed by atoms with van der Waals surface area (Å²) in [6.07, 6.45) is 36.2. The van der Waals surface area contributed by atoms with Crippen molar-refractivity contribution in [1.29, 1.82) is 0 Å². The van der Waals surface area contributed by atoms with Gasteiger partial charge in [0.15, 0.2) is 0 Å². The fourth-order valence-corrected chi connectivity index (χ4v) is 17.6. The molecule has 0 aliphatic heterocycles. The highest BCUT2D eigenvalue weighted by molar-refractivity contribution is 6.15. The van der Waals surface area contributed by atoms with Crippen molar-refractivity contribution in [3.63, 3.8) is 0 Å². The van der Waals surface area contributed by atoms with Crippen LogP contribution in [0.3, 0.4) is 0 Å². The number of benzene rings is 12. The molecular weight excluding hydrogens is 1240 g/mol. The van der Waals surface area contributed by atoms with Crippen LogP contribution in [0.5, 0.6) is 0 Å². The molecule has 0 saturated heterocycles. The highest BCUT2D eigenvalue weighted by Crippen LogP contribution is 2.57. The van der Waals surface area contributed by atoms with Crippen molar-refractivity contribution >= 4 is 72.6 Å². The molecule has 492 valence electrons. The van der Waals surface area contributed by atoms with Gasteiger partial charge in [-0.15, -0.1) is 0 Å². The van der Waals surface area contributed by atoms with E-state index in [0.717, 1.165) is 95.9 Å². The maximum atomic E-state index is 2.60. The average Bonchev–Trinajstić information content (AvgIpc) is 1.62. The van der Waals surface area contributed by atoms with Gasteiger partial charge in [-0.05, 0) is 254 Å². The third-order valence-electron chi connectivity index (χ3n) is 22.3. The van der Waals surface area contributed by atoms with E-state index in [-0.39, 0.29) is 11.8 Å². The molecule has 19 rings (SSSR count). The number of nitrogens with zero attached hydrogens (tertiary/aromatic N) is 3. The first-order valence-electron chi connectivity index (χ1n) is 36.9. The summed E-state index contributed by atoms with van der Waals surface area (Å²) < 4.78 is 2.42. The molecule has 0 radical (unpaired) electrons. The Morgan fingerprint density at radius 2 is 0.942 bits per heavy atom. The fourth-order valence-electron chi connectivity index (χ4n) is 17.6. The smallest absolute Gasteiger partial charge is 0.0541 e. The molecule has 0 fully saturated rings. The molecular formula is C100H77N3. The number of rotatable bonds is 15. The molecule has 3 atom stereocenters. The minimum Gasteiger partial charge on any atom is -0.310 e. The molecule has 1 aromatic heterocycles. The van der Waals surface area contributed by atoms with E-state index in [4.69, 9.17) is 0 Å². The van der Waals surface area contributed by atoms with Gasteiger partial charge in [-0.25, -0.2) is 0 Å². The quantitative estimate of drug-likeness (QED) is 0.101. The summed E-state index contributed by atoms with van der Waals surface area (Å²) >= 11 is 0. The first-order valence-corrected chi connectivity index (χ1v) is 36.9. The minimum absolute atomic E-state index is 0.165. The van der Waals surface area contributed by atoms with Crippen molar-refractivity contribution < 1.29 is 0 Å². The van der Waals surface area contributed by atoms with E-state index < -0.39 is 0 Å². The summed E-state index contributed by atoms with van der Waals surface area (Å²) in [4.78, 5) is 5.10. The van der Waals surface area contributed by atoms with Crippen LogP contribution >= 0.6 is 0 Å². The van der Waals surface area contributed by atoms with Gasteiger partial charge in [0.1, 0.15) is 0 Å². The van der Waals surface area contributed by atoms with Crippen molar-refractivity contribution in [3.05, 3.63) is 409 Å². The molecule has 3 nitrogen and oxygen atoms in total. The minimum atomic E-state index is 0.165. The normalized spacial score (nSPS) is 17.0. The standard InChI is InChI=1S/C100H77N3/c1-8-28-68(29-9-1)70-48-53-79(54-49-70)101(81-57-59-87-85-42-22-24-45-90(85)99(93(87)66-81)97(72-32-12-3-13-33-72)73-34-14-4-15-35-73)83-62-77(76-52-61-96-92(64-76)89-44-26-27-47-95(89)103(96)78-40-20-7-21-41-78)63-84(65-83)102(80-55-50-71(51-56-80)69-30-10-2-11-31-69)82-58-60-88-86-43-23-25-46-91(86)100(94(88)67-82)98(74-36-16-5-17-37-74)75-38-18-6-19-39-75/h1-3,5,7-14,16-18,20-22,24-36,38-42,44-67,74,98,100H,4,6,15,19,23,37,43H2/b99-97+. The molecule has 0 saturated carbocycles. The molecule has 3 heteroatoms. The van der Waals surface area contributed by atoms with Gasteiger partial charge < -0.3 is 14.4 Å². The summed E-state index contributed by atoms with van der Waals surface area (Å²) in [6, 6.07) is 109. The molecule has 12 aromatic carbocycles. The fraction of sp³-hybridized carbons (Fsp3) is 0.100. The number of allylic oxidation sites excluding steroid dienone is 17. The number of para-hydroxylation sites is 2. The lowest BCUT2D eigenvalue weighted by Gasteiger charge is -2.35.